The second-order valence-corrected chi connectivity index (χ2v) is 10.0. The molecular weight excluding hydrogens is 530 g/mol. The van der Waals surface area contributed by atoms with E-state index < -0.39 is 11.8 Å². The predicted octanol–water partition coefficient (Wildman–Crippen LogP) is 5.74. The maximum Gasteiger partial charge on any atom is 0.335 e. The molecule has 8 nitrogen and oxygen atoms in total. The second-order valence-electron chi connectivity index (χ2n) is 10.0. The molecule has 1 aliphatic heterocycles. The maximum atomic E-state index is 15.3. The van der Waals surface area contributed by atoms with Crippen LogP contribution in [0, 0.1) is 18.6 Å². The van der Waals surface area contributed by atoms with Crippen molar-refractivity contribution in [3.8, 4) is 17.3 Å². The van der Waals surface area contributed by atoms with Gasteiger partial charge >= 0.3 is 5.97 Å². The average molecular weight is 557 g/mol. The predicted molar refractivity (Wildman–Crippen MR) is 147 cm³/mol. The van der Waals surface area contributed by atoms with Gasteiger partial charge in [0.1, 0.15) is 24.1 Å². The summed E-state index contributed by atoms with van der Waals surface area (Å²) in [6, 6.07) is 16.0. The number of rotatable bonds is 9. The Morgan fingerprint density at radius 1 is 1.07 bits per heavy atom. The Kier molecular flexibility index (Phi) is 7.15. The van der Waals surface area contributed by atoms with Crippen LogP contribution >= 0.6 is 0 Å². The minimum atomic E-state index is -1.02. The van der Waals surface area contributed by atoms with Crippen molar-refractivity contribution in [1.29, 1.82) is 0 Å². The summed E-state index contributed by atoms with van der Waals surface area (Å²) in [5.74, 6) is -0.866. The minimum absolute atomic E-state index is 0.0212. The van der Waals surface area contributed by atoms with Crippen LogP contribution in [-0.2, 0) is 24.3 Å². The van der Waals surface area contributed by atoms with Crippen LogP contribution < -0.4 is 4.74 Å². The molecule has 5 aromatic rings. The molecule has 0 bridgehead atoms. The number of fused-ring (bicyclic) bond motifs is 1. The van der Waals surface area contributed by atoms with Crippen molar-refractivity contribution in [3.63, 3.8) is 0 Å². The average Bonchev–Trinajstić information content (AvgIpc) is 3.26. The van der Waals surface area contributed by atoms with Gasteiger partial charge < -0.3 is 19.1 Å². The fourth-order valence-corrected chi connectivity index (χ4v) is 4.78. The molecule has 41 heavy (non-hydrogen) atoms. The van der Waals surface area contributed by atoms with E-state index >= 15 is 4.39 Å². The van der Waals surface area contributed by atoms with Crippen molar-refractivity contribution >= 4 is 17.0 Å². The number of hydrogen-bond acceptors (Lipinski definition) is 6. The van der Waals surface area contributed by atoms with Crippen LogP contribution in [0.2, 0.25) is 0 Å². The molecule has 3 aromatic carbocycles. The molecule has 1 saturated heterocycles. The van der Waals surface area contributed by atoms with Crippen molar-refractivity contribution in [2.24, 2.45) is 0 Å². The zero-order chi connectivity index (χ0) is 28.5. The van der Waals surface area contributed by atoms with Gasteiger partial charge in [-0.25, -0.2) is 23.5 Å². The molecule has 3 heterocycles. The quantitative estimate of drug-likeness (QED) is 0.247. The largest absolute Gasteiger partial charge is 0.478 e. The van der Waals surface area contributed by atoms with Crippen LogP contribution in [-0.4, -0.2) is 43.3 Å². The number of aryl methyl sites for hydroxylation is 1. The van der Waals surface area contributed by atoms with Gasteiger partial charge in [-0.2, -0.15) is 4.98 Å². The number of carboxylic acids is 1. The molecule has 0 aliphatic carbocycles. The van der Waals surface area contributed by atoms with Crippen molar-refractivity contribution in [1.82, 2.24) is 19.5 Å². The highest BCUT2D eigenvalue weighted by Gasteiger charge is 2.23. The van der Waals surface area contributed by atoms with E-state index in [0.717, 1.165) is 12.0 Å². The molecule has 0 spiro atoms. The molecule has 1 N–H and O–H groups in total. The van der Waals surface area contributed by atoms with E-state index in [2.05, 4.69) is 9.97 Å². The van der Waals surface area contributed by atoms with Crippen LogP contribution in [0.5, 0.6) is 5.88 Å². The smallest absolute Gasteiger partial charge is 0.335 e. The number of imidazole rings is 1. The van der Waals surface area contributed by atoms with Gasteiger partial charge in [0.25, 0.3) is 0 Å². The minimum Gasteiger partial charge on any atom is -0.478 e. The standard InChI is InChI=1S/C31H26F2N4O4/c1-18-2-4-21(24(32)12-18)17-41-29-8-10-34-30(36-29)23-6-3-19(13-25(23)33)14-28-35-26-7-5-20(31(38)39)15-27(26)37(28)16-22-9-11-40-22/h2-8,10,12-13,15,22H,9,11,14,16-17H2,1H3,(H,38,39)/t22-/m0/s1. The molecule has 208 valence electrons. The Labute approximate surface area is 234 Å². The van der Waals surface area contributed by atoms with Gasteiger partial charge in [0.2, 0.25) is 5.88 Å². The molecule has 1 fully saturated rings. The molecule has 0 amide bonds. The van der Waals surface area contributed by atoms with Crippen molar-refractivity contribution < 1.29 is 28.2 Å². The van der Waals surface area contributed by atoms with E-state index in [1.54, 1.807) is 36.4 Å². The molecule has 6 rings (SSSR count). The summed E-state index contributed by atoms with van der Waals surface area (Å²) >= 11 is 0. The van der Waals surface area contributed by atoms with E-state index in [1.807, 2.05) is 11.5 Å². The molecular formula is C31H26F2N4O4. The Hall–Kier alpha value is -4.70. The van der Waals surface area contributed by atoms with E-state index in [0.29, 0.717) is 47.6 Å². The number of aromatic carboxylic acids is 1. The van der Waals surface area contributed by atoms with E-state index in [1.165, 1.54) is 30.5 Å². The highest BCUT2D eigenvalue weighted by atomic mass is 19.1. The summed E-state index contributed by atoms with van der Waals surface area (Å²) in [5.41, 5.74) is 3.61. The summed E-state index contributed by atoms with van der Waals surface area (Å²) in [6.07, 6.45) is 2.72. The lowest BCUT2D eigenvalue weighted by molar-refractivity contribution is -0.0589. The lowest BCUT2D eigenvalue weighted by Crippen LogP contribution is -2.31. The number of hydrogen-bond donors (Lipinski definition) is 1. The summed E-state index contributed by atoms with van der Waals surface area (Å²) in [5, 5.41) is 9.46. The first-order chi connectivity index (χ1) is 19.8. The number of benzene rings is 3. The number of nitrogens with zero attached hydrogens (tertiary/aromatic N) is 4. The third-order valence-corrected chi connectivity index (χ3v) is 7.10. The zero-order valence-electron chi connectivity index (χ0n) is 22.2. The monoisotopic (exact) mass is 556 g/mol. The fraction of sp³-hybridized carbons (Fsp3) is 0.226. The number of ether oxygens (including phenoxy) is 2. The highest BCUT2D eigenvalue weighted by molar-refractivity contribution is 5.92. The lowest BCUT2D eigenvalue weighted by atomic mass is 10.1. The molecule has 1 atom stereocenters. The van der Waals surface area contributed by atoms with Crippen molar-refractivity contribution in [2.45, 2.75) is 39.0 Å². The number of carboxylic acid groups (broad SMARTS) is 1. The summed E-state index contributed by atoms with van der Waals surface area (Å²) < 4.78 is 42.7. The second kappa shape index (κ2) is 11.1. The first kappa shape index (κ1) is 26.5. The maximum absolute atomic E-state index is 15.3. The third-order valence-electron chi connectivity index (χ3n) is 7.10. The summed E-state index contributed by atoms with van der Waals surface area (Å²) in [4.78, 5) is 24.8. The normalized spacial score (nSPS) is 14.7. The number of halogens is 2. The van der Waals surface area contributed by atoms with Crippen LogP contribution in [0.4, 0.5) is 8.78 Å². The van der Waals surface area contributed by atoms with E-state index in [9.17, 15) is 14.3 Å². The lowest BCUT2D eigenvalue weighted by Gasteiger charge is -2.27. The van der Waals surface area contributed by atoms with Crippen molar-refractivity contribution in [3.05, 3.63) is 107 Å². The number of aromatic nitrogens is 4. The van der Waals surface area contributed by atoms with Gasteiger partial charge in [0.15, 0.2) is 5.82 Å². The first-order valence-corrected chi connectivity index (χ1v) is 13.2. The molecule has 10 heteroatoms. The van der Waals surface area contributed by atoms with Gasteiger partial charge in [-0.05, 0) is 60.9 Å². The first-order valence-electron chi connectivity index (χ1n) is 13.2. The Balaban J connectivity index is 1.23. The molecule has 1 aliphatic rings. The molecule has 0 radical (unpaired) electrons. The molecule has 0 unspecified atom stereocenters. The summed E-state index contributed by atoms with van der Waals surface area (Å²) in [7, 11) is 0. The summed E-state index contributed by atoms with van der Waals surface area (Å²) in [6.45, 7) is 3.01. The third kappa shape index (κ3) is 5.64. The van der Waals surface area contributed by atoms with Crippen LogP contribution in [0.25, 0.3) is 22.4 Å². The highest BCUT2D eigenvalue weighted by Crippen LogP contribution is 2.27. The Bertz CT molecular complexity index is 1770. The number of carbonyl (C=O) groups is 1. The van der Waals surface area contributed by atoms with Gasteiger partial charge in [-0.15, -0.1) is 0 Å². The van der Waals surface area contributed by atoms with E-state index in [4.69, 9.17) is 14.5 Å². The Morgan fingerprint density at radius 2 is 1.93 bits per heavy atom. The van der Waals surface area contributed by atoms with Crippen LogP contribution in [0.15, 0.2) is 66.9 Å². The zero-order valence-corrected chi connectivity index (χ0v) is 22.2. The molecule has 0 saturated carbocycles. The molecule has 2 aromatic heterocycles. The van der Waals surface area contributed by atoms with Gasteiger partial charge in [-0.3, -0.25) is 0 Å². The SMILES string of the molecule is Cc1ccc(COc2ccnc(-c3ccc(Cc4nc5ccc(C(=O)O)cc5n4C[C@@H]4CCO4)cc3F)n2)c(F)c1. The van der Waals surface area contributed by atoms with Crippen LogP contribution in [0.3, 0.4) is 0 Å². The van der Waals surface area contributed by atoms with Gasteiger partial charge in [0, 0.05) is 30.9 Å². The Morgan fingerprint density at radius 3 is 2.66 bits per heavy atom. The van der Waals surface area contributed by atoms with Gasteiger partial charge in [0.05, 0.1) is 34.8 Å². The van der Waals surface area contributed by atoms with Crippen molar-refractivity contribution in [2.75, 3.05) is 6.61 Å². The fourth-order valence-electron chi connectivity index (χ4n) is 4.78. The topological polar surface area (TPSA) is 99.4 Å². The van der Waals surface area contributed by atoms with E-state index in [-0.39, 0.29) is 41.4 Å². The van der Waals surface area contributed by atoms with Crippen LogP contribution in [0.1, 0.15) is 39.3 Å². The van der Waals surface area contributed by atoms with Gasteiger partial charge in [-0.1, -0.05) is 18.2 Å².